The molecule has 0 aromatic heterocycles. The highest BCUT2D eigenvalue weighted by molar-refractivity contribution is 9.10. The molecule has 1 aliphatic heterocycles. The van der Waals surface area contributed by atoms with Crippen molar-refractivity contribution in [3.63, 3.8) is 0 Å². The van der Waals surface area contributed by atoms with E-state index in [4.69, 9.17) is 9.84 Å². The van der Waals surface area contributed by atoms with Crippen molar-refractivity contribution in [3.8, 4) is 11.5 Å². The highest BCUT2D eigenvalue weighted by Gasteiger charge is 2.21. The first kappa shape index (κ1) is 17.5. The number of benzene rings is 2. The summed E-state index contributed by atoms with van der Waals surface area (Å²) in [7, 11) is 0. The molecule has 5 nitrogen and oxygen atoms in total. The number of amides is 1. The van der Waals surface area contributed by atoms with Crippen LogP contribution in [0, 0.1) is 0 Å². The minimum atomic E-state index is -0.881. The lowest BCUT2D eigenvalue weighted by Crippen LogP contribution is -2.24. The number of carboxylic acid groups (broad SMARTS) is 1. The fourth-order valence-electron chi connectivity index (χ4n) is 2.87. The molecule has 1 amide bonds. The minimum Gasteiger partial charge on any atom is -0.481 e. The molecule has 2 aromatic carbocycles. The second-order valence-electron chi connectivity index (χ2n) is 5.99. The Morgan fingerprint density at radius 2 is 2.08 bits per heavy atom. The number of rotatable bonds is 6. The average Bonchev–Trinajstić information content (AvgIpc) is 2.95. The molecule has 1 aliphatic rings. The first-order chi connectivity index (χ1) is 12.0. The number of hydrogen-bond donors (Lipinski definition) is 1. The lowest BCUT2D eigenvalue weighted by molar-refractivity contribution is -0.136. The number of aliphatic carboxylic acids is 1. The molecule has 130 valence electrons. The van der Waals surface area contributed by atoms with E-state index in [2.05, 4.69) is 15.9 Å². The summed E-state index contributed by atoms with van der Waals surface area (Å²) in [6.07, 6.45) is 1.44. The Labute approximate surface area is 154 Å². The number of likely N-dealkylation sites (tertiary alicyclic amines) is 1. The standard InChI is InChI=1S/C19H18BrNO4/c20-15-6-7-17(14(11-15)12-21-8-2-5-18(21)22)25-16-4-1-3-13(9-16)10-19(23)24/h1,3-4,6-7,9,11H,2,5,8,10,12H2,(H,23,24). The molecule has 1 saturated heterocycles. The zero-order valence-corrected chi connectivity index (χ0v) is 15.2. The van der Waals surface area contributed by atoms with Crippen molar-refractivity contribution >= 4 is 27.8 Å². The molecule has 0 saturated carbocycles. The molecule has 6 heteroatoms. The maximum absolute atomic E-state index is 11.9. The van der Waals surface area contributed by atoms with Gasteiger partial charge in [0.25, 0.3) is 0 Å². The van der Waals surface area contributed by atoms with Crippen LogP contribution in [-0.2, 0) is 22.6 Å². The monoisotopic (exact) mass is 403 g/mol. The Morgan fingerprint density at radius 1 is 1.24 bits per heavy atom. The molecule has 0 spiro atoms. The number of carboxylic acids is 1. The van der Waals surface area contributed by atoms with Gasteiger partial charge in [-0.15, -0.1) is 0 Å². The first-order valence-corrected chi connectivity index (χ1v) is 8.85. The van der Waals surface area contributed by atoms with Gasteiger partial charge in [-0.05, 0) is 42.3 Å². The molecule has 1 N–H and O–H groups in total. The zero-order chi connectivity index (χ0) is 17.8. The zero-order valence-electron chi connectivity index (χ0n) is 13.6. The number of hydrogen-bond acceptors (Lipinski definition) is 3. The van der Waals surface area contributed by atoms with Crippen molar-refractivity contribution in [2.24, 2.45) is 0 Å². The van der Waals surface area contributed by atoms with Gasteiger partial charge >= 0.3 is 5.97 Å². The van der Waals surface area contributed by atoms with Gasteiger partial charge in [0, 0.05) is 29.5 Å². The predicted octanol–water partition coefficient (Wildman–Crippen LogP) is 3.99. The van der Waals surface area contributed by atoms with Gasteiger partial charge < -0.3 is 14.7 Å². The maximum Gasteiger partial charge on any atom is 0.307 e. The second-order valence-corrected chi connectivity index (χ2v) is 6.91. The van der Waals surface area contributed by atoms with Gasteiger partial charge in [-0.25, -0.2) is 0 Å². The Morgan fingerprint density at radius 3 is 2.80 bits per heavy atom. The summed E-state index contributed by atoms with van der Waals surface area (Å²) < 4.78 is 6.90. The molecule has 0 aliphatic carbocycles. The molecule has 25 heavy (non-hydrogen) atoms. The molecule has 3 rings (SSSR count). The van der Waals surface area contributed by atoms with Crippen LogP contribution >= 0.6 is 15.9 Å². The van der Waals surface area contributed by atoms with Gasteiger partial charge in [-0.1, -0.05) is 28.1 Å². The summed E-state index contributed by atoms with van der Waals surface area (Å²) >= 11 is 3.46. The summed E-state index contributed by atoms with van der Waals surface area (Å²) in [5.41, 5.74) is 1.59. The maximum atomic E-state index is 11.9. The average molecular weight is 404 g/mol. The smallest absolute Gasteiger partial charge is 0.307 e. The van der Waals surface area contributed by atoms with E-state index in [1.807, 2.05) is 23.1 Å². The third-order valence-electron chi connectivity index (χ3n) is 4.04. The number of nitrogens with zero attached hydrogens (tertiary/aromatic N) is 1. The summed E-state index contributed by atoms with van der Waals surface area (Å²) in [4.78, 5) is 24.6. The largest absolute Gasteiger partial charge is 0.481 e. The van der Waals surface area contributed by atoms with E-state index < -0.39 is 5.97 Å². The van der Waals surface area contributed by atoms with E-state index in [1.165, 1.54) is 0 Å². The van der Waals surface area contributed by atoms with Crippen LogP contribution in [0.3, 0.4) is 0 Å². The van der Waals surface area contributed by atoms with Gasteiger partial charge in [-0.3, -0.25) is 9.59 Å². The van der Waals surface area contributed by atoms with E-state index in [0.29, 0.717) is 30.0 Å². The topological polar surface area (TPSA) is 66.8 Å². The Hall–Kier alpha value is -2.34. The van der Waals surface area contributed by atoms with E-state index in [1.54, 1.807) is 24.3 Å². The number of ether oxygens (including phenoxy) is 1. The lowest BCUT2D eigenvalue weighted by Gasteiger charge is -2.18. The SMILES string of the molecule is O=C(O)Cc1cccc(Oc2ccc(Br)cc2CN2CCCC2=O)c1. The summed E-state index contributed by atoms with van der Waals surface area (Å²) in [5.74, 6) is 0.522. The van der Waals surface area contributed by atoms with Crippen molar-refractivity contribution in [2.45, 2.75) is 25.8 Å². The first-order valence-electron chi connectivity index (χ1n) is 8.06. The number of carbonyl (C=O) groups excluding carboxylic acids is 1. The third-order valence-corrected chi connectivity index (χ3v) is 4.53. The van der Waals surface area contributed by atoms with E-state index in [9.17, 15) is 9.59 Å². The van der Waals surface area contributed by atoms with Crippen LogP contribution in [0.2, 0.25) is 0 Å². The highest BCUT2D eigenvalue weighted by Crippen LogP contribution is 2.30. The van der Waals surface area contributed by atoms with Crippen LogP contribution in [0.1, 0.15) is 24.0 Å². The van der Waals surface area contributed by atoms with Gasteiger partial charge in [0.05, 0.1) is 6.42 Å². The van der Waals surface area contributed by atoms with Crippen molar-refractivity contribution in [3.05, 3.63) is 58.1 Å². The Bertz CT molecular complexity index is 806. The Balaban J connectivity index is 1.82. The molecule has 0 atom stereocenters. The van der Waals surface area contributed by atoms with E-state index in [0.717, 1.165) is 23.0 Å². The summed E-state index contributed by atoms with van der Waals surface area (Å²) in [6, 6.07) is 12.7. The molecule has 1 heterocycles. The third kappa shape index (κ3) is 4.60. The quantitative estimate of drug-likeness (QED) is 0.791. The van der Waals surface area contributed by atoms with Gasteiger partial charge in [-0.2, -0.15) is 0 Å². The molecule has 0 bridgehead atoms. The fraction of sp³-hybridized carbons (Fsp3) is 0.263. The fourth-order valence-corrected chi connectivity index (χ4v) is 3.28. The normalized spacial score (nSPS) is 14.0. The molecule has 0 radical (unpaired) electrons. The van der Waals surface area contributed by atoms with E-state index in [-0.39, 0.29) is 12.3 Å². The molecule has 2 aromatic rings. The van der Waals surface area contributed by atoms with Crippen LogP contribution in [0.5, 0.6) is 11.5 Å². The van der Waals surface area contributed by atoms with Crippen molar-refractivity contribution in [1.82, 2.24) is 4.90 Å². The van der Waals surface area contributed by atoms with Crippen LogP contribution in [-0.4, -0.2) is 28.4 Å². The molecule has 0 unspecified atom stereocenters. The molecule has 1 fully saturated rings. The molecular formula is C19H18BrNO4. The summed E-state index contributed by atoms with van der Waals surface area (Å²) in [6.45, 7) is 1.27. The Kier molecular flexibility index (Phi) is 5.38. The van der Waals surface area contributed by atoms with Crippen LogP contribution in [0.15, 0.2) is 46.9 Å². The van der Waals surface area contributed by atoms with Crippen molar-refractivity contribution in [1.29, 1.82) is 0 Å². The van der Waals surface area contributed by atoms with Crippen molar-refractivity contribution < 1.29 is 19.4 Å². The van der Waals surface area contributed by atoms with Crippen LogP contribution in [0.25, 0.3) is 0 Å². The van der Waals surface area contributed by atoms with Gasteiger partial charge in [0.2, 0.25) is 5.91 Å². The number of halogens is 1. The predicted molar refractivity (Wildman–Crippen MR) is 96.6 cm³/mol. The molecular weight excluding hydrogens is 386 g/mol. The van der Waals surface area contributed by atoms with Crippen molar-refractivity contribution in [2.75, 3.05) is 6.54 Å². The highest BCUT2D eigenvalue weighted by atomic mass is 79.9. The minimum absolute atomic E-state index is 0.0489. The van der Waals surface area contributed by atoms with Gasteiger partial charge in [0.1, 0.15) is 11.5 Å². The summed E-state index contributed by atoms with van der Waals surface area (Å²) in [5, 5.41) is 8.92. The van der Waals surface area contributed by atoms with Gasteiger partial charge in [0.15, 0.2) is 0 Å². The lowest BCUT2D eigenvalue weighted by atomic mass is 10.1. The van der Waals surface area contributed by atoms with E-state index >= 15 is 0 Å². The number of carbonyl (C=O) groups is 2. The second kappa shape index (κ2) is 7.70. The van der Waals surface area contributed by atoms with Crippen LogP contribution in [0.4, 0.5) is 0 Å². The van der Waals surface area contributed by atoms with Crippen LogP contribution < -0.4 is 4.74 Å².